The molecule has 0 aliphatic rings. The van der Waals surface area contributed by atoms with Gasteiger partial charge in [0.1, 0.15) is 0 Å². The van der Waals surface area contributed by atoms with Crippen molar-refractivity contribution >= 4 is 40.3 Å². The van der Waals surface area contributed by atoms with Gasteiger partial charge in [0.05, 0.1) is 15.7 Å². The molecule has 5 heteroatoms. The second-order valence-corrected chi connectivity index (χ2v) is 4.90. The number of aromatic nitrogens is 1. The normalized spacial score (nSPS) is 10.4. The van der Waals surface area contributed by atoms with E-state index in [1.165, 1.54) is 18.3 Å². The van der Waals surface area contributed by atoms with Crippen LogP contribution in [0.15, 0.2) is 23.6 Å². The highest BCUT2D eigenvalue weighted by atomic mass is 35.5. The van der Waals surface area contributed by atoms with Gasteiger partial charge in [0.25, 0.3) is 0 Å². The van der Waals surface area contributed by atoms with E-state index in [2.05, 4.69) is 4.98 Å². The van der Waals surface area contributed by atoms with Crippen LogP contribution >= 0.6 is 34.5 Å². The average Bonchev–Trinajstić information content (AvgIpc) is 2.71. The van der Waals surface area contributed by atoms with Gasteiger partial charge in [-0.3, -0.25) is 4.79 Å². The van der Waals surface area contributed by atoms with Crippen LogP contribution < -0.4 is 0 Å². The van der Waals surface area contributed by atoms with Crippen LogP contribution in [-0.4, -0.2) is 10.8 Å². The number of benzene rings is 1. The molecule has 0 fully saturated rings. The molecule has 1 heterocycles. The minimum Gasteiger partial charge on any atom is -0.292 e. The van der Waals surface area contributed by atoms with Crippen molar-refractivity contribution in [3.8, 4) is 11.3 Å². The SMILES string of the molecule is CC(=O)c1nc(-c2ccc(Cl)c(Cl)c2)cs1. The Kier molecular flexibility index (Phi) is 3.28. The maximum Gasteiger partial charge on any atom is 0.188 e. The van der Waals surface area contributed by atoms with Crippen molar-refractivity contribution in [3.63, 3.8) is 0 Å². The first-order chi connectivity index (χ1) is 7.58. The molecule has 0 amide bonds. The first-order valence-electron chi connectivity index (χ1n) is 4.50. The lowest BCUT2D eigenvalue weighted by atomic mass is 10.2. The molecule has 0 saturated carbocycles. The predicted molar refractivity (Wildman–Crippen MR) is 67.6 cm³/mol. The van der Waals surface area contributed by atoms with Crippen LogP contribution in [0.3, 0.4) is 0 Å². The summed E-state index contributed by atoms with van der Waals surface area (Å²) >= 11 is 13.1. The van der Waals surface area contributed by atoms with Crippen LogP contribution in [0, 0.1) is 0 Å². The van der Waals surface area contributed by atoms with Gasteiger partial charge in [-0.2, -0.15) is 0 Å². The van der Waals surface area contributed by atoms with Crippen LogP contribution in [-0.2, 0) is 0 Å². The molecular formula is C11H7Cl2NOS. The van der Waals surface area contributed by atoms with Crippen molar-refractivity contribution in [2.75, 3.05) is 0 Å². The molecule has 16 heavy (non-hydrogen) atoms. The summed E-state index contributed by atoms with van der Waals surface area (Å²) in [6, 6.07) is 5.28. The van der Waals surface area contributed by atoms with Gasteiger partial charge in [-0.1, -0.05) is 29.3 Å². The maximum atomic E-state index is 11.1. The van der Waals surface area contributed by atoms with E-state index in [9.17, 15) is 4.79 Å². The fraction of sp³-hybridized carbons (Fsp3) is 0.0909. The Morgan fingerprint density at radius 3 is 2.62 bits per heavy atom. The standard InChI is InChI=1S/C11H7Cl2NOS/c1-6(15)11-14-10(5-16-11)7-2-3-8(12)9(13)4-7/h2-5H,1H3. The topological polar surface area (TPSA) is 30.0 Å². The largest absolute Gasteiger partial charge is 0.292 e. The molecule has 0 N–H and O–H groups in total. The summed E-state index contributed by atoms with van der Waals surface area (Å²) in [6.45, 7) is 1.50. The minimum atomic E-state index is -0.0312. The van der Waals surface area contributed by atoms with Crippen molar-refractivity contribution in [3.05, 3.63) is 38.6 Å². The number of hydrogen-bond acceptors (Lipinski definition) is 3. The summed E-state index contributed by atoms with van der Waals surface area (Å²) in [4.78, 5) is 15.3. The molecule has 2 nitrogen and oxygen atoms in total. The lowest BCUT2D eigenvalue weighted by molar-refractivity contribution is 0.101. The fourth-order valence-corrected chi connectivity index (χ4v) is 2.25. The zero-order valence-corrected chi connectivity index (χ0v) is 10.7. The summed E-state index contributed by atoms with van der Waals surface area (Å²) in [6.07, 6.45) is 0. The Hall–Kier alpha value is -0.900. The Morgan fingerprint density at radius 2 is 2.06 bits per heavy atom. The summed E-state index contributed by atoms with van der Waals surface area (Å²) in [5.74, 6) is -0.0312. The third-order valence-electron chi connectivity index (χ3n) is 2.02. The molecule has 0 aliphatic carbocycles. The Bertz CT molecular complexity index is 551. The Labute approximate surface area is 107 Å². The number of carbonyl (C=O) groups is 1. The molecule has 2 rings (SSSR count). The molecule has 0 radical (unpaired) electrons. The summed E-state index contributed by atoms with van der Waals surface area (Å²) in [7, 11) is 0. The molecule has 0 spiro atoms. The maximum absolute atomic E-state index is 11.1. The highest BCUT2D eigenvalue weighted by molar-refractivity contribution is 7.12. The summed E-state index contributed by atoms with van der Waals surface area (Å²) < 4.78 is 0. The molecule has 0 atom stereocenters. The molecule has 0 unspecified atom stereocenters. The highest BCUT2D eigenvalue weighted by Gasteiger charge is 2.09. The van der Waals surface area contributed by atoms with Crippen LogP contribution in [0.2, 0.25) is 10.0 Å². The Balaban J connectivity index is 2.42. The number of rotatable bonds is 2. The summed E-state index contributed by atoms with van der Waals surface area (Å²) in [5, 5.41) is 3.32. The van der Waals surface area contributed by atoms with Gasteiger partial charge in [-0.05, 0) is 12.1 Å². The van der Waals surface area contributed by atoms with E-state index in [1.54, 1.807) is 12.1 Å². The van der Waals surface area contributed by atoms with E-state index in [0.717, 1.165) is 11.3 Å². The second-order valence-electron chi connectivity index (χ2n) is 3.22. The van der Waals surface area contributed by atoms with Crippen molar-refractivity contribution in [2.45, 2.75) is 6.92 Å². The second kappa shape index (κ2) is 4.53. The molecule has 0 bridgehead atoms. The van der Waals surface area contributed by atoms with Gasteiger partial charge in [-0.15, -0.1) is 11.3 Å². The number of halogens is 2. The van der Waals surface area contributed by atoms with Crippen molar-refractivity contribution in [1.82, 2.24) is 4.98 Å². The van der Waals surface area contributed by atoms with E-state index in [1.807, 2.05) is 11.4 Å². The lowest BCUT2D eigenvalue weighted by Gasteiger charge is -1.99. The number of hydrogen-bond donors (Lipinski definition) is 0. The van der Waals surface area contributed by atoms with Gasteiger partial charge in [0, 0.05) is 17.9 Å². The molecule has 0 aliphatic heterocycles. The minimum absolute atomic E-state index is 0.0312. The third-order valence-corrected chi connectivity index (χ3v) is 3.70. The first kappa shape index (κ1) is 11.6. The van der Waals surface area contributed by atoms with Crippen molar-refractivity contribution in [2.24, 2.45) is 0 Å². The van der Waals surface area contributed by atoms with Gasteiger partial charge < -0.3 is 0 Å². The number of nitrogens with zero attached hydrogens (tertiary/aromatic N) is 1. The number of carbonyl (C=O) groups excluding carboxylic acids is 1. The van der Waals surface area contributed by atoms with Gasteiger partial charge >= 0.3 is 0 Å². The van der Waals surface area contributed by atoms with E-state index >= 15 is 0 Å². The van der Waals surface area contributed by atoms with Crippen LogP contribution in [0.4, 0.5) is 0 Å². The smallest absolute Gasteiger partial charge is 0.188 e. The van der Waals surface area contributed by atoms with Crippen LogP contribution in [0.1, 0.15) is 16.7 Å². The van der Waals surface area contributed by atoms with E-state index < -0.39 is 0 Å². The number of ketones is 1. The van der Waals surface area contributed by atoms with Crippen molar-refractivity contribution in [1.29, 1.82) is 0 Å². The number of Topliss-reactive ketones (excluding diaryl/α,β-unsaturated/α-hetero) is 1. The quantitative estimate of drug-likeness (QED) is 0.762. The van der Waals surface area contributed by atoms with E-state index in [-0.39, 0.29) is 5.78 Å². The van der Waals surface area contributed by atoms with Crippen LogP contribution in [0.5, 0.6) is 0 Å². The molecular weight excluding hydrogens is 265 g/mol. The predicted octanol–water partition coefficient (Wildman–Crippen LogP) is 4.32. The monoisotopic (exact) mass is 271 g/mol. The molecule has 2 aromatic rings. The van der Waals surface area contributed by atoms with E-state index in [0.29, 0.717) is 15.1 Å². The number of thiazole rings is 1. The van der Waals surface area contributed by atoms with Gasteiger partial charge in [0.15, 0.2) is 10.8 Å². The van der Waals surface area contributed by atoms with Crippen molar-refractivity contribution < 1.29 is 4.79 Å². The fourth-order valence-electron chi connectivity index (χ4n) is 1.22. The third kappa shape index (κ3) is 2.26. The molecule has 1 aromatic heterocycles. The zero-order valence-electron chi connectivity index (χ0n) is 8.33. The van der Waals surface area contributed by atoms with Crippen LogP contribution in [0.25, 0.3) is 11.3 Å². The Morgan fingerprint density at radius 1 is 1.31 bits per heavy atom. The summed E-state index contributed by atoms with van der Waals surface area (Å²) in [5.41, 5.74) is 1.60. The molecule has 1 aromatic carbocycles. The zero-order chi connectivity index (χ0) is 11.7. The van der Waals surface area contributed by atoms with Gasteiger partial charge in [0.2, 0.25) is 0 Å². The van der Waals surface area contributed by atoms with E-state index in [4.69, 9.17) is 23.2 Å². The molecule has 82 valence electrons. The average molecular weight is 272 g/mol. The first-order valence-corrected chi connectivity index (χ1v) is 6.13. The highest BCUT2D eigenvalue weighted by Crippen LogP contribution is 2.29. The molecule has 0 saturated heterocycles. The van der Waals surface area contributed by atoms with Gasteiger partial charge in [-0.25, -0.2) is 4.98 Å². The lowest BCUT2D eigenvalue weighted by Crippen LogP contribution is -1.89.